The third-order valence-electron chi connectivity index (χ3n) is 5.13. The van der Waals surface area contributed by atoms with Crippen molar-refractivity contribution in [2.75, 3.05) is 18.8 Å². The van der Waals surface area contributed by atoms with Crippen LogP contribution in [0.2, 0.25) is 0 Å². The van der Waals surface area contributed by atoms with E-state index in [1.54, 1.807) is 0 Å². The predicted molar refractivity (Wildman–Crippen MR) is 107 cm³/mol. The Bertz CT molecular complexity index is 645. The molecule has 0 spiro atoms. The number of amides is 2. The Labute approximate surface area is 160 Å². The summed E-state index contributed by atoms with van der Waals surface area (Å²) in [5.41, 5.74) is 2.46. The second-order valence-electron chi connectivity index (χ2n) is 7.00. The average Bonchev–Trinajstić information content (AvgIpc) is 2.68. The van der Waals surface area contributed by atoms with Gasteiger partial charge in [-0.3, -0.25) is 9.59 Å². The molecule has 1 aliphatic heterocycles. The normalized spacial score (nSPS) is 19.5. The first-order chi connectivity index (χ1) is 12.7. The number of likely N-dealkylation sites (tertiary alicyclic amines) is 1. The number of piperidine rings is 1. The Balaban J connectivity index is 1.35. The molecule has 1 aromatic carbocycles. The Morgan fingerprint density at radius 1 is 1.15 bits per heavy atom. The van der Waals surface area contributed by atoms with Gasteiger partial charge in [0.05, 0.1) is 0 Å². The maximum absolute atomic E-state index is 12.5. The van der Waals surface area contributed by atoms with Crippen molar-refractivity contribution in [1.82, 2.24) is 10.2 Å². The van der Waals surface area contributed by atoms with Gasteiger partial charge in [-0.25, -0.2) is 0 Å². The number of benzene rings is 1. The third-order valence-corrected chi connectivity index (χ3v) is 6.00. The summed E-state index contributed by atoms with van der Waals surface area (Å²) in [5.74, 6) is 1.14. The van der Waals surface area contributed by atoms with E-state index in [1.165, 1.54) is 42.3 Å². The number of carbonyl (C=O) groups is 2. The van der Waals surface area contributed by atoms with Crippen molar-refractivity contribution in [2.45, 2.75) is 44.9 Å². The Hall–Kier alpha value is -1.75. The van der Waals surface area contributed by atoms with Gasteiger partial charge in [-0.15, -0.1) is 0 Å². The molecule has 1 heterocycles. The minimum Gasteiger partial charge on any atom is -0.356 e. The van der Waals surface area contributed by atoms with E-state index in [2.05, 4.69) is 23.5 Å². The van der Waals surface area contributed by atoms with Crippen LogP contribution in [0.5, 0.6) is 0 Å². The van der Waals surface area contributed by atoms with Crippen LogP contribution in [0.1, 0.15) is 44.1 Å². The van der Waals surface area contributed by atoms with Crippen molar-refractivity contribution < 1.29 is 9.59 Å². The molecule has 0 aromatic heterocycles. The maximum atomic E-state index is 12.5. The van der Waals surface area contributed by atoms with E-state index >= 15 is 0 Å². The fraction of sp³-hybridized carbons (Fsp3) is 0.524. The summed E-state index contributed by atoms with van der Waals surface area (Å²) < 4.78 is 0. The van der Waals surface area contributed by atoms with Gasteiger partial charge in [-0.2, -0.15) is 0 Å². The van der Waals surface area contributed by atoms with Crippen molar-refractivity contribution in [3.05, 3.63) is 47.7 Å². The summed E-state index contributed by atoms with van der Waals surface area (Å²) in [5, 5.41) is 3.05. The van der Waals surface area contributed by atoms with Crippen LogP contribution < -0.4 is 5.32 Å². The number of hydrogen-bond acceptors (Lipinski definition) is 3. The highest BCUT2D eigenvalue weighted by atomic mass is 32.2. The van der Waals surface area contributed by atoms with Crippen molar-refractivity contribution in [3.63, 3.8) is 0 Å². The Kier molecular flexibility index (Phi) is 7.18. The van der Waals surface area contributed by atoms with Crippen LogP contribution in [0.25, 0.3) is 0 Å². The molecule has 1 aromatic rings. The van der Waals surface area contributed by atoms with Crippen LogP contribution in [-0.4, -0.2) is 34.9 Å². The fourth-order valence-electron chi connectivity index (χ4n) is 3.76. The summed E-state index contributed by atoms with van der Waals surface area (Å²) in [7, 11) is 0. The van der Waals surface area contributed by atoms with E-state index in [0.29, 0.717) is 24.6 Å². The number of nitrogens with zero attached hydrogens (tertiary/aromatic N) is 1. The van der Waals surface area contributed by atoms with Crippen molar-refractivity contribution >= 4 is 22.9 Å². The van der Waals surface area contributed by atoms with Crippen LogP contribution >= 0.6 is 11.8 Å². The maximum Gasteiger partial charge on any atom is 0.285 e. The van der Waals surface area contributed by atoms with E-state index in [-0.39, 0.29) is 11.1 Å². The molecule has 1 aliphatic carbocycles. The Morgan fingerprint density at radius 3 is 2.81 bits per heavy atom. The van der Waals surface area contributed by atoms with E-state index in [4.69, 9.17) is 0 Å². The number of allylic oxidation sites excluding steroid dienone is 2. The van der Waals surface area contributed by atoms with Gasteiger partial charge in [0.1, 0.15) is 0 Å². The number of nitrogens with one attached hydrogen (secondary N) is 1. The second-order valence-corrected chi connectivity index (χ2v) is 8.05. The van der Waals surface area contributed by atoms with Crippen molar-refractivity contribution in [2.24, 2.45) is 5.92 Å². The van der Waals surface area contributed by atoms with Crippen LogP contribution in [0, 0.1) is 5.92 Å². The SMILES string of the molecule is O=C(CCSC(=O)N1CCCC2CCCC=C21)NCCc1ccccc1. The lowest BCUT2D eigenvalue weighted by Gasteiger charge is -2.37. The van der Waals surface area contributed by atoms with Gasteiger partial charge < -0.3 is 10.2 Å². The zero-order valence-corrected chi connectivity index (χ0v) is 16.1. The van der Waals surface area contributed by atoms with Gasteiger partial charge in [0.2, 0.25) is 5.91 Å². The number of thioether (sulfide) groups is 1. The molecule has 2 aliphatic rings. The van der Waals surface area contributed by atoms with Crippen LogP contribution in [-0.2, 0) is 11.2 Å². The van der Waals surface area contributed by atoms with Crippen molar-refractivity contribution in [1.29, 1.82) is 0 Å². The highest BCUT2D eigenvalue weighted by Gasteiger charge is 2.30. The fourth-order valence-corrected chi connectivity index (χ4v) is 4.58. The van der Waals surface area contributed by atoms with Crippen LogP contribution in [0.4, 0.5) is 4.79 Å². The van der Waals surface area contributed by atoms with Gasteiger partial charge in [-0.1, -0.05) is 48.2 Å². The number of fused-ring (bicyclic) bond motifs is 1. The van der Waals surface area contributed by atoms with Gasteiger partial charge in [0, 0.05) is 31.0 Å². The number of carbonyl (C=O) groups excluding carboxylic acids is 2. The summed E-state index contributed by atoms with van der Waals surface area (Å²) >= 11 is 1.28. The molecule has 1 unspecified atom stereocenters. The first kappa shape index (κ1) is 19.0. The van der Waals surface area contributed by atoms with Gasteiger partial charge >= 0.3 is 0 Å². The topological polar surface area (TPSA) is 49.4 Å². The summed E-state index contributed by atoms with van der Waals surface area (Å²) in [6.07, 6.45) is 9.32. The molecule has 0 bridgehead atoms. The summed E-state index contributed by atoms with van der Waals surface area (Å²) in [6, 6.07) is 10.1. The molecule has 1 N–H and O–H groups in total. The molecule has 140 valence electrons. The van der Waals surface area contributed by atoms with E-state index < -0.39 is 0 Å². The molecule has 1 saturated heterocycles. The zero-order valence-electron chi connectivity index (χ0n) is 15.3. The van der Waals surface area contributed by atoms with E-state index in [1.807, 2.05) is 23.1 Å². The first-order valence-electron chi connectivity index (χ1n) is 9.69. The number of rotatable bonds is 6. The largest absolute Gasteiger partial charge is 0.356 e. The van der Waals surface area contributed by atoms with Crippen LogP contribution in [0.3, 0.4) is 0 Å². The quantitative estimate of drug-likeness (QED) is 0.807. The second kappa shape index (κ2) is 9.81. The third kappa shape index (κ3) is 5.37. The molecule has 2 amide bonds. The van der Waals surface area contributed by atoms with E-state index in [9.17, 15) is 9.59 Å². The van der Waals surface area contributed by atoms with Gasteiger partial charge in [0.25, 0.3) is 5.24 Å². The molecule has 1 fully saturated rings. The number of hydrogen-bond donors (Lipinski definition) is 1. The smallest absolute Gasteiger partial charge is 0.285 e. The molecule has 5 heteroatoms. The lowest BCUT2D eigenvalue weighted by Crippen LogP contribution is -2.37. The van der Waals surface area contributed by atoms with Crippen LogP contribution in [0.15, 0.2) is 42.1 Å². The molecule has 0 saturated carbocycles. The molecule has 26 heavy (non-hydrogen) atoms. The lowest BCUT2D eigenvalue weighted by molar-refractivity contribution is -0.120. The highest BCUT2D eigenvalue weighted by molar-refractivity contribution is 8.13. The van der Waals surface area contributed by atoms with Crippen molar-refractivity contribution in [3.8, 4) is 0 Å². The molecular formula is C21H28N2O2S. The minimum absolute atomic E-state index is 0.0228. The van der Waals surface area contributed by atoms with Gasteiger partial charge in [-0.05, 0) is 50.0 Å². The summed E-state index contributed by atoms with van der Waals surface area (Å²) in [6.45, 7) is 1.47. The monoisotopic (exact) mass is 372 g/mol. The Morgan fingerprint density at radius 2 is 1.96 bits per heavy atom. The standard InChI is InChI=1S/C21H28N2O2S/c24-20(22-14-12-17-7-2-1-3-8-17)13-16-26-21(25)23-15-6-10-18-9-4-5-11-19(18)23/h1-3,7-8,11,18H,4-6,9-10,12-16H2,(H,22,24). The zero-order chi connectivity index (χ0) is 18.2. The van der Waals surface area contributed by atoms with E-state index in [0.717, 1.165) is 25.8 Å². The minimum atomic E-state index is 0.0228. The highest BCUT2D eigenvalue weighted by Crippen LogP contribution is 2.36. The molecular weight excluding hydrogens is 344 g/mol. The molecule has 4 nitrogen and oxygen atoms in total. The average molecular weight is 373 g/mol. The molecule has 0 radical (unpaired) electrons. The first-order valence-corrected chi connectivity index (χ1v) is 10.7. The summed E-state index contributed by atoms with van der Waals surface area (Å²) in [4.78, 5) is 26.5. The lowest BCUT2D eigenvalue weighted by atomic mass is 9.85. The molecule has 1 atom stereocenters. The van der Waals surface area contributed by atoms with Gasteiger partial charge in [0.15, 0.2) is 0 Å². The predicted octanol–water partition coefficient (Wildman–Crippen LogP) is 4.37. The molecule has 3 rings (SSSR count).